The Hall–Kier alpha value is -0.380. The van der Waals surface area contributed by atoms with Crippen LogP contribution in [0.25, 0.3) is 0 Å². The van der Waals surface area contributed by atoms with E-state index in [1.165, 1.54) is 88.5 Å². The van der Waals surface area contributed by atoms with Crippen LogP contribution in [0.2, 0.25) is 0 Å². The minimum absolute atomic E-state index is 0.253. The zero-order valence-corrected chi connectivity index (χ0v) is 16.5. The summed E-state index contributed by atoms with van der Waals surface area (Å²) in [5.41, 5.74) is 0.801. The van der Waals surface area contributed by atoms with Crippen LogP contribution in [0.4, 0.5) is 0 Å². The van der Waals surface area contributed by atoms with E-state index in [1.807, 2.05) is 11.3 Å². The molecule has 2 nitrogen and oxygen atoms in total. The molecule has 25 heavy (non-hydrogen) atoms. The molecule has 3 aliphatic rings. The Kier molecular flexibility index (Phi) is 5.84. The lowest BCUT2D eigenvalue weighted by molar-refractivity contribution is -0.144. The third kappa shape index (κ3) is 4.14. The first kappa shape index (κ1) is 18.0. The molecule has 0 bridgehead atoms. The number of rotatable bonds is 6. The lowest BCUT2D eigenvalue weighted by Gasteiger charge is -2.52. The van der Waals surface area contributed by atoms with Crippen LogP contribution >= 0.6 is 11.3 Å². The highest BCUT2D eigenvalue weighted by Crippen LogP contribution is 2.55. The average molecular weight is 362 g/mol. The van der Waals surface area contributed by atoms with Crippen molar-refractivity contribution in [2.45, 2.75) is 89.2 Å². The molecule has 2 aliphatic carbocycles. The van der Waals surface area contributed by atoms with E-state index in [0.29, 0.717) is 5.41 Å². The fourth-order valence-electron chi connectivity index (χ4n) is 6.04. The molecule has 140 valence electrons. The predicted molar refractivity (Wildman–Crippen MR) is 106 cm³/mol. The van der Waals surface area contributed by atoms with E-state index in [1.54, 1.807) is 0 Å². The van der Waals surface area contributed by atoms with Gasteiger partial charge >= 0.3 is 0 Å². The molecular formula is C22H35NOS. The summed E-state index contributed by atoms with van der Waals surface area (Å²) in [4.78, 5) is 1.46. The van der Waals surface area contributed by atoms with Gasteiger partial charge in [-0.3, -0.25) is 0 Å². The van der Waals surface area contributed by atoms with Crippen molar-refractivity contribution in [3.05, 3.63) is 22.4 Å². The molecule has 0 radical (unpaired) electrons. The van der Waals surface area contributed by atoms with Gasteiger partial charge in [0.25, 0.3) is 0 Å². The van der Waals surface area contributed by atoms with Crippen molar-refractivity contribution in [1.82, 2.24) is 5.32 Å². The molecule has 0 aromatic carbocycles. The summed E-state index contributed by atoms with van der Waals surface area (Å²) in [6.45, 7) is 3.23. The molecule has 3 fully saturated rings. The van der Waals surface area contributed by atoms with Gasteiger partial charge in [0.2, 0.25) is 0 Å². The first-order valence-corrected chi connectivity index (χ1v) is 11.6. The summed E-state index contributed by atoms with van der Waals surface area (Å²) in [6, 6.07) is 4.41. The van der Waals surface area contributed by atoms with Crippen molar-refractivity contribution < 1.29 is 4.74 Å². The Morgan fingerprint density at radius 1 is 1.08 bits per heavy atom. The van der Waals surface area contributed by atoms with Gasteiger partial charge in [-0.05, 0) is 74.3 Å². The number of nitrogens with one attached hydrogen (secondary N) is 1. The quantitative estimate of drug-likeness (QED) is 0.635. The fraction of sp³-hybridized carbons (Fsp3) is 0.818. The molecular weight excluding hydrogens is 326 g/mol. The zero-order valence-electron chi connectivity index (χ0n) is 15.7. The lowest BCUT2D eigenvalue weighted by Crippen LogP contribution is -2.48. The van der Waals surface area contributed by atoms with Crippen LogP contribution in [0.5, 0.6) is 0 Å². The molecule has 1 aromatic rings. The molecule has 1 aromatic heterocycles. The van der Waals surface area contributed by atoms with Crippen LogP contribution in [0.1, 0.15) is 81.9 Å². The second-order valence-corrected chi connectivity index (χ2v) is 9.90. The maximum Gasteiger partial charge on any atom is 0.0688 e. The SMILES string of the molecule is c1csc(CNCCC2(C3CCCCC3)CCOC3(CCCC3)C2)c1. The van der Waals surface area contributed by atoms with Gasteiger partial charge in [0, 0.05) is 18.0 Å². The number of hydrogen-bond acceptors (Lipinski definition) is 3. The molecule has 1 unspecified atom stereocenters. The highest BCUT2D eigenvalue weighted by atomic mass is 32.1. The van der Waals surface area contributed by atoms with Crippen molar-refractivity contribution in [2.75, 3.05) is 13.2 Å². The van der Waals surface area contributed by atoms with E-state index >= 15 is 0 Å². The molecule has 1 atom stereocenters. The van der Waals surface area contributed by atoms with Crippen molar-refractivity contribution in [3.8, 4) is 0 Å². The van der Waals surface area contributed by atoms with Crippen molar-refractivity contribution in [1.29, 1.82) is 0 Å². The Balaban J connectivity index is 1.41. The Labute approximate surface area is 157 Å². The van der Waals surface area contributed by atoms with Crippen LogP contribution in [0.15, 0.2) is 17.5 Å². The summed E-state index contributed by atoms with van der Waals surface area (Å²) >= 11 is 1.87. The predicted octanol–water partition coefficient (Wildman–Crippen LogP) is 5.92. The van der Waals surface area contributed by atoms with E-state index in [2.05, 4.69) is 22.8 Å². The van der Waals surface area contributed by atoms with Gasteiger partial charge in [-0.1, -0.05) is 38.2 Å². The maximum atomic E-state index is 6.42. The van der Waals surface area contributed by atoms with E-state index in [4.69, 9.17) is 4.74 Å². The molecule has 4 rings (SSSR count). The second-order valence-electron chi connectivity index (χ2n) is 8.87. The first-order chi connectivity index (χ1) is 12.3. The van der Waals surface area contributed by atoms with Gasteiger partial charge in [0.1, 0.15) is 0 Å². The zero-order chi connectivity index (χ0) is 17.0. The van der Waals surface area contributed by atoms with Crippen molar-refractivity contribution in [2.24, 2.45) is 11.3 Å². The van der Waals surface area contributed by atoms with E-state index < -0.39 is 0 Å². The minimum Gasteiger partial charge on any atom is -0.375 e. The number of ether oxygens (including phenoxy) is 1. The maximum absolute atomic E-state index is 6.42. The van der Waals surface area contributed by atoms with E-state index in [0.717, 1.165) is 19.1 Å². The van der Waals surface area contributed by atoms with Gasteiger partial charge in [-0.2, -0.15) is 0 Å². The van der Waals surface area contributed by atoms with Gasteiger partial charge in [0.15, 0.2) is 0 Å². The second kappa shape index (κ2) is 8.10. The fourth-order valence-corrected chi connectivity index (χ4v) is 6.71. The highest BCUT2D eigenvalue weighted by Gasteiger charge is 2.50. The monoisotopic (exact) mass is 361 g/mol. The largest absolute Gasteiger partial charge is 0.375 e. The van der Waals surface area contributed by atoms with Crippen LogP contribution < -0.4 is 5.32 Å². The molecule has 1 aliphatic heterocycles. The van der Waals surface area contributed by atoms with Crippen LogP contribution in [0.3, 0.4) is 0 Å². The highest BCUT2D eigenvalue weighted by molar-refractivity contribution is 7.09. The average Bonchev–Trinajstić information content (AvgIpc) is 3.32. The smallest absolute Gasteiger partial charge is 0.0688 e. The van der Waals surface area contributed by atoms with Crippen LogP contribution in [-0.2, 0) is 11.3 Å². The lowest BCUT2D eigenvalue weighted by atomic mass is 9.59. The number of thiophene rings is 1. The Morgan fingerprint density at radius 2 is 1.92 bits per heavy atom. The summed E-state index contributed by atoms with van der Waals surface area (Å²) < 4.78 is 6.42. The Bertz CT molecular complexity index is 516. The summed E-state index contributed by atoms with van der Waals surface area (Å²) in [5.74, 6) is 0.950. The molecule has 0 amide bonds. The molecule has 1 saturated heterocycles. The van der Waals surface area contributed by atoms with Crippen LogP contribution in [0, 0.1) is 11.3 Å². The summed E-state index contributed by atoms with van der Waals surface area (Å²) in [6.07, 6.45) is 16.8. The summed E-state index contributed by atoms with van der Waals surface area (Å²) in [7, 11) is 0. The van der Waals surface area contributed by atoms with Gasteiger partial charge in [-0.15, -0.1) is 11.3 Å². The summed E-state index contributed by atoms with van der Waals surface area (Å²) in [5, 5.41) is 5.93. The van der Waals surface area contributed by atoms with Gasteiger partial charge in [-0.25, -0.2) is 0 Å². The van der Waals surface area contributed by atoms with E-state index in [-0.39, 0.29) is 5.60 Å². The normalized spacial score (nSPS) is 30.1. The third-order valence-corrected chi connectivity index (χ3v) is 8.22. The standard InChI is InChI=1S/C22H35NOS/c1-2-7-19(8-3-1)21(12-14-23-17-20-9-6-16-25-20)13-15-24-22(18-21)10-4-5-11-22/h6,9,16,19,23H,1-5,7-8,10-15,17-18H2. The molecule has 1 N–H and O–H groups in total. The van der Waals surface area contributed by atoms with Crippen molar-refractivity contribution in [3.63, 3.8) is 0 Å². The Morgan fingerprint density at radius 3 is 2.68 bits per heavy atom. The molecule has 2 saturated carbocycles. The minimum atomic E-state index is 0.253. The third-order valence-electron chi connectivity index (χ3n) is 7.35. The topological polar surface area (TPSA) is 21.3 Å². The van der Waals surface area contributed by atoms with Crippen LogP contribution in [-0.4, -0.2) is 18.8 Å². The molecule has 1 spiro atoms. The van der Waals surface area contributed by atoms with Gasteiger partial charge in [0.05, 0.1) is 5.60 Å². The molecule has 3 heteroatoms. The van der Waals surface area contributed by atoms with E-state index in [9.17, 15) is 0 Å². The van der Waals surface area contributed by atoms with Crippen molar-refractivity contribution >= 4 is 11.3 Å². The number of hydrogen-bond donors (Lipinski definition) is 1. The van der Waals surface area contributed by atoms with Gasteiger partial charge < -0.3 is 10.1 Å². The molecule has 2 heterocycles. The first-order valence-electron chi connectivity index (χ1n) is 10.7.